The molecule has 1 heterocycles. The van der Waals surface area contributed by atoms with Crippen LogP contribution in [0.5, 0.6) is 0 Å². The zero-order valence-corrected chi connectivity index (χ0v) is 10.7. The van der Waals surface area contributed by atoms with E-state index < -0.39 is 11.7 Å². The fourth-order valence-electron chi connectivity index (χ4n) is 2.29. The highest BCUT2D eigenvalue weighted by Crippen LogP contribution is 2.35. The van der Waals surface area contributed by atoms with Crippen molar-refractivity contribution in [3.63, 3.8) is 0 Å². The summed E-state index contributed by atoms with van der Waals surface area (Å²) in [5, 5.41) is 0. The van der Waals surface area contributed by atoms with Crippen molar-refractivity contribution in [3.8, 4) is 0 Å². The van der Waals surface area contributed by atoms with E-state index in [9.17, 15) is 13.2 Å². The van der Waals surface area contributed by atoms with Crippen LogP contribution < -0.4 is 4.90 Å². The summed E-state index contributed by atoms with van der Waals surface area (Å²) >= 11 is 5.56. The molecule has 1 aromatic rings. The average Bonchev–Trinajstić information content (AvgIpc) is 2.38. The maximum absolute atomic E-state index is 12.9. The van der Waals surface area contributed by atoms with Crippen molar-refractivity contribution in [1.29, 1.82) is 0 Å². The molecular formula is C13H15ClF3N. The number of anilines is 1. The fourth-order valence-corrected chi connectivity index (χ4v) is 2.53. The molecule has 0 N–H and O–H groups in total. The molecule has 0 aliphatic carbocycles. The van der Waals surface area contributed by atoms with Gasteiger partial charge >= 0.3 is 6.18 Å². The number of hydrogen-bond donors (Lipinski definition) is 0. The van der Waals surface area contributed by atoms with Crippen LogP contribution >= 0.6 is 11.6 Å². The summed E-state index contributed by atoms with van der Waals surface area (Å²) in [5.41, 5.74) is 0.182. The number of hydrogen-bond acceptors (Lipinski definition) is 1. The van der Waals surface area contributed by atoms with Crippen molar-refractivity contribution in [2.45, 2.75) is 31.3 Å². The highest BCUT2D eigenvalue weighted by molar-refractivity contribution is 6.17. The Morgan fingerprint density at radius 3 is 2.33 bits per heavy atom. The predicted octanol–water partition coefficient (Wildman–Crippen LogP) is 4.43. The van der Waals surface area contributed by atoms with Crippen molar-refractivity contribution < 1.29 is 13.2 Å². The Morgan fingerprint density at radius 1 is 1.11 bits per heavy atom. The van der Waals surface area contributed by atoms with E-state index in [1.807, 2.05) is 4.90 Å². The second kappa shape index (κ2) is 5.39. The molecule has 1 aliphatic heterocycles. The Balaban J connectivity index is 2.33. The number of rotatable bonds is 2. The SMILES string of the molecule is FC(F)(F)c1cc(N2CCCCC2)ccc1CCl. The molecule has 0 radical (unpaired) electrons. The third kappa shape index (κ3) is 2.91. The molecule has 5 heteroatoms. The summed E-state index contributed by atoms with van der Waals surface area (Å²) in [4.78, 5) is 2.01. The molecule has 0 unspecified atom stereocenters. The summed E-state index contributed by atoms with van der Waals surface area (Å²) < 4.78 is 38.7. The summed E-state index contributed by atoms with van der Waals surface area (Å²) in [6.07, 6.45) is -1.10. The van der Waals surface area contributed by atoms with Gasteiger partial charge < -0.3 is 4.90 Å². The van der Waals surface area contributed by atoms with Crippen molar-refractivity contribution in [2.75, 3.05) is 18.0 Å². The van der Waals surface area contributed by atoms with Gasteiger partial charge in [0.1, 0.15) is 0 Å². The zero-order valence-electron chi connectivity index (χ0n) is 9.93. The van der Waals surface area contributed by atoms with Crippen LogP contribution in [0.1, 0.15) is 30.4 Å². The molecule has 1 nitrogen and oxygen atoms in total. The van der Waals surface area contributed by atoms with E-state index in [1.54, 1.807) is 6.07 Å². The van der Waals surface area contributed by atoms with Gasteiger partial charge in [0, 0.05) is 24.7 Å². The first-order chi connectivity index (χ1) is 8.52. The first kappa shape index (κ1) is 13.5. The van der Waals surface area contributed by atoms with Crippen molar-refractivity contribution in [3.05, 3.63) is 29.3 Å². The zero-order chi connectivity index (χ0) is 13.2. The minimum atomic E-state index is -4.34. The number of alkyl halides is 4. The molecule has 0 aromatic heterocycles. The fraction of sp³-hybridized carbons (Fsp3) is 0.538. The van der Waals surface area contributed by atoms with Crippen molar-refractivity contribution >= 4 is 17.3 Å². The molecular weight excluding hydrogens is 263 g/mol. The second-order valence-corrected chi connectivity index (χ2v) is 4.79. The van der Waals surface area contributed by atoms with Crippen LogP contribution in [-0.2, 0) is 12.1 Å². The Labute approximate surface area is 110 Å². The largest absolute Gasteiger partial charge is 0.416 e. The lowest BCUT2D eigenvalue weighted by Gasteiger charge is -2.29. The lowest BCUT2D eigenvalue weighted by Crippen LogP contribution is -2.29. The monoisotopic (exact) mass is 277 g/mol. The van der Waals surface area contributed by atoms with Crippen LogP contribution in [0.4, 0.5) is 18.9 Å². The third-order valence-electron chi connectivity index (χ3n) is 3.26. The van der Waals surface area contributed by atoms with E-state index >= 15 is 0 Å². The molecule has 0 atom stereocenters. The van der Waals surface area contributed by atoms with E-state index in [0.29, 0.717) is 5.69 Å². The highest BCUT2D eigenvalue weighted by Gasteiger charge is 2.33. The number of halogens is 4. The van der Waals surface area contributed by atoms with Gasteiger partial charge in [-0.15, -0.1) is 11.6 Å². The van der Waals surface area contributed by atoms with Crippen LogP contribution in [0.25, 0.3) is 0 Å². The van der Waals surface area contributed by atoms with Crippen LogP contribution in [0, 0.1) is 0 Å². The molecule has 0 amide bonds. The Bertz CT molecular complexity index is 411. The van der Waals surface area contributed by atoms with E-state index in [1.165, 1.54) is 12.1 Å². The van der Waals surface area contributed by atoms with Gasteiger partial charge in [0.2, 0.25) is 0 Å². The van der Waals surface area contributed by atoms with E-state index in [0.717, 1.165) is 32.4 Å². The first-order valence-electron chi connectivity index (χ1n) is 6.03. The summed E-state index contributed by atoms with van der Waals surface area (Å²) in [6, 6.07) is 4.45. The molecule has 2 rings (SSSR count). The Morgan fingerprint density at radius 2 is 1.78 bits per heavy atom. The molecule has 0 bridgehead atoms. The quantitative estimate of drug-likeness (QED) is 0.723. The van der Waals surface area contributed by atoms with E-state index in [4.69, 9.17) is 11.6 Å². The predicted molar refractivity (Wildman–Crippen MR) is 67.1 cm³/mol. The van der Waals surface area contributed by atoms with Crippen LogP contribution in [0.3, 0.4) is 0 Å². The van der Waals surface area contributed by atoms with E-state index in [2.05, 4.69) is 0 Å². The first-order valence-corrected chi connectivity index (χ1v) is 6.57. The van der Waals surface area contributed by atoms with E-state index in [-0.39, 0.29) is 11.4 Å². The Kier molecular flexibility index (Phi) is 4.05. The van der Waals surface area contributed by atoms with Gasteiger partial charge in [-0.3, -0.25) is 0 Å². The smallest absolute Gasteiger partial charge is 0.372 e. The van der Waals surface area contributed by atoms with Gasteiger partial charge in [0.05, 0.1) is 5.56 Å². The van der Waals surface area contributed by atoms with Gasteiger partial charge in [0.25, 0.3) is 0 Å². The number of piperidine rings is 1. The molecule has 0 spiro atoms. The van der Waals surface area contributed by atoms with Crippen LogP contribution in [0.2, 0.25) is 0 Å². The lowest BCUT2D eigenvalue weighted by molar-refractivity contribution is -0.138. The standard InChI is InChI=1S/C13H15ClF3N/c14-9-10-4-5-11(8-12(10)13(15,16)17)18-6-2-1-3-7-18/h4-5,8H,1-3,6-7,9H2. The molecule has 100 valence electrons. The van der Waals surface area contributed by atoms with Gasteiger partial charge in [0.15, 0.2) is 0 Å². The van der Waals surface area contributed by atoms with Crippen molar-refractivity contribution in [2.24, 2.45) is 0 Å². The maximum Gasteiger partial charge on any atom is 0.416 e. The molecule has 1 saturated heterocycles. The van der Waals surface area contributed by atoms with Gasteiger partial charge in [-0.1, -0.05) is 6.07 Å². The molecule has 1 fully saturated rings. The highest BCUT2D eigenvalue weighted by atomic mass is 35.5. The second-order valence-electron chi connectivity index (χ2n) is 4.52. The van der Waals surface area contributed by atoms with Crippen LogP contribution in [0.15, 0.2) is 18.2 Å². The molecule has 0 saturated carbocycles. The van der Waals surface area contributed by atoms with Gasteiger partial charge in [-0.05, 0) is 37.0 Å². The third-order valence-corrected chi connectivity index (χ3v) is 3.55. The normalized spacial score (nSPS) is 17.0. The van der Waals surface area contributed by atoms with Gasteiger partial charge in [-0.25, -0.2) is 0 Å². The van der Waals surface area contributed by atoms with Crippen LogP contribution in [-0.4, -0.2) is 13.1 Å². The van der Waals surface area contributed by atoms with Gasteiger partial charge in [-0.2, -0.15) is 13.2 Å². The topological polar surface area (TPSA) is 3.24 Å². The minimum absolute atomic E-state index is 0.116. The molecule has 1 aromatic carbocycles. The summed E-state index contributed by atoms with van der Waals surface area (Å²) in [5.74, 6) is -0.116. The lowest BCUT2D eigenvalue weighted by atomic mass is 10.0. The average molecular weight is 278 g/mol. The summed E-state index contributed by atoms with van der Waals surface area (Å²) in [6.45, 7) is 1.66. The summed E-state index contributed by atoms with van der Waals surface area (Å²) in [7, 11) is 0. The molecule has 1 aliphatic rings. The Hall–Kier alpha value is -0.900. The van der Waals surface area contributed by atoms with Crippen molar-refractivity contribution in [1.82, 2.24) is 0 Å². The molecule has 18 heavy (non-hydrogen) atoms. The minimum Gasteiger partial charge on any atom is -0.372 e. The number of nitrogens with zero attached hydrogens (tertiary/aromatic N) is 1. The number of benzene rings is 1. The maximum atomic E-state index is 12.9.